The van der Waals surface area contributed by atoms with E-state index < -0.39 is 0 Å². The molecule has 76 valence electrons. The summed E-state index contributed by atoms with van der Waals surface area (Å²) < 4.78 is 0. The molecule has 0 heterocycles. The largest absolute Gasteiger partial charge is 0.353 e. The summed E-state index contributed by atoms with van der Waals surface area (Å²) in [6.45, 7) is 8.13. The first kappa shape index (κ1) is 10.5. The van der Waals surface area contributed by atoms with Crippen LogP contribution in [0, 0.1) is 5.41 Å². The average Bonchev–Trinajstić information content (AvgIpc) is 2.59. The van der Waals surface area contributed by atoms with Crippen molar-refractivity contribution in [2.24, 2.45) is 5.41 Å². The van der Waals surface area contributed by atoms with E-state index in [1.54, 1.807) is 0 Å². The number of carbonyl (C=O) groups is 1. The van der Waals surface area contributed by atoms with Gasteiger partial charge in [-0.2, -0.15) is 0 Å². The van der Waals surface area contributed by atoms with Crippen LogP contribution in [0.3, 0.4) is 0 Å². The summed E-state index contributed by atoms with van der Waals surface area (Å²) in [5.74, 6) is 0.177. The van der Waals surface area contributed by atoms with Gasteiger partial charge in [0, 0.05) is 19.0 Å². The highest BCUT2D eigenvalue weighted by Gasteiger charge is 2.46. The van der Waals surface area contributed by atoms with Gasteiger partial charge in [-0.15, -0.1) is 0 Å². The molecule has 0 aliphatic heterocycles. The zero-order valence-corrected chi connectivity index (χ0v) is 8.81. The number of hydrogen-bond donors (Lipinski definition) is 2. The van der Waals surface area contributed by atoms with Crippen LogP contribution in [-0.4, -0.2) is 25.0 Å². The van der Waals surface area contributed by atoms with Gasteiger partial charge in [-0.05, 0) is 18.4 Å². The highest BCUT2D eigenvalue weighted by molar-refractivity contribution is 5.76. The summed E-state index contributed by atoms with van der Waals surface area (Å²) >= 11 is 0. The van der Waals surface area contributed by atoms with Gasteiger partial charge >= 0.3 is 0 Å². The molecule has 1 aliphatic carbocycles. The summed E-state index contributed by atoms with van der Waals surface area (Å²) in [7, 11) is 0. The number of rotatable bonds is 5. The van der Waals surface area contributed by atoms with E-state index >= 15 is 0 Å². The van der Waals surface area contributed by atoms with E-state index in [4.69, 9.17) is 0 Å². The Balaban J connectivity index is 2.06. The van der Waals surface area contributed by atoms with Crippen LogP contribution in [0.15, 0.2) is 0 Å². The van der Waals surface area contributed by atoms with Gasteiger partial charge in [0.15, 0.2) is 0 Å². The van der Waals surface area contributed by atoms with Crippen molar-refractivity contribution in [1.29, 1.82) is 0 Å². The van der Waals surface area contributed by atoms with Crippen molar-refractivity contribution in [3.05, 3.63) is 0 Å². The summed E-state index contributed by atoms with van der Waals surface area (Å²) in [4.78, 5) is 11.3. The molecule has 3 nitrogen and oxygen atoms in total. The molecule has 0 spiro atoms. The third kappa shape index (κ3) is 3.35. The second-order valence-electron chi connectivity index (χ2n) is 4.42. The minimum absolute atomic E-state index is 0.177. The number of carbonyl (C=O) groups excluding carboxylic acids is 1. The third-order valence-electron chi connectivity index (χ3n) is 2.63. The Morgan fingerprint density at radius 1 is 1.54 bits per heavy atom. The van der Waals surface area contributed by atoms with Crippen LogP contribution in [0.2, 0.25) is 0 Å². The first-order chi connectivity index (χ1) is 6.06. The zero-order valence-electron chi connectivity index (χ0n) is 8.81. The lowest BCUT2D eigenvalue weighted by molar-refractivity contribution is -0.121. The Hall–Kier alpha value is -0.570. The molecule has 1 saturated carbocycles. The smallest absolute Gasteiger partial charge is 0.221 e. The van der Waals surface area contributed by atoms with Crippen LogP contribution < -0.4 is 10.6 Å². The van der Waals surface area contributed by atoms with Crippen LogP contribution >= 0.6 is 0 Å². The van der Waals surface area contributed by atoms with E-state index in [0.29, 0.717) is 17.9 Å². The van der Waals surface area contributed by atoms with Crippen LogP contribution in [0.1, 0.15) is 33.6 Å². The molecule has 2 N–H and O–H groups in total. The topological polar surface area (TPSA) is 41.1 Å². The number of nitrogens with one attached hydrogen (secondary N) is 2. The van der Waals surface area contributed by atoms with E-state index in [1.165, 1.54) is 0 Å². The predicted octanol–water partition coefficient (Wildman–Crippen LogP) is 0.901. The number of amides is 1. The molecule has 1 amide bonds. The van der Waals surface area contributed by atoms with E-state index in [1.807, 2.05) is 6.92 Å². The van der Waals surface area contributed by atoms with Crippen LogP contribution in [0.4, 0.5) is 0 Å². The molecule has 1 aliphatic rings. The third-order valence-corrected chi connectivity index (χ3v) is 2.63. The minimum atomic E-state index is 0.177. The van der Waals surface area contributed by atoms with Crippen molar-refractivity contribution in [1.82, 2.24) is 10.6 Å². The Kier molecular flexibility index (Phi) is 3.31. The summed E-state index contributed by atoms with van der Waals surface area (Å²) in [5.41, 5.74) is 0.341. The summed E-state index contributed by atoms with van der Waals surface area (Å²) in [5, 5.41) is 6.16. The monoisotopic (exact) mass is 184 g/mol. The average molecular weight is 184 g/mol. The molecular weight excluding hydrogens is 164 g/mol. The second kappa shape index (κ2) is 4.09. The standard InChI is InChI=1S/C10H20N2O/c1-4-11-6-5-9(13)12-8-7-10(8,2)3/h8,11H,4-7H2,1-3H3,(H,12,13). The highest BCUT2D eigenvalue weighted by Crippen LogP contribution is 2.44. The fourth-order valence-corrected chi connectivity index (χ4v) is 1.36. The van der Waals surface area contributed by atoms with Crippen molar-refractivity contribution in [3.63, 3.8) is 0 Å². The summed E-state index contributed by atoms with van der Waals surface area (Å²) in [6.07, 6.45) is 1.72. The molecule has 1 fully saturated rings. The van der Waals surface area contributed by atoms with Gasteiger partial charge < -0.3 is 10.6 Å². The molecule has 0 radical (unpaired) electrons. The van der Waals surface area contributed by atoms with Crippen LogP contribution in [0.25, 0.3) is 0 Å². The molecule has 1 atom stereocenters. The fourth-order valence-electron chi connectivity index (χ4n) is 1.36. The maximum atomic E-state index is 11.3. The van der Waals surface area contributed by atoms with Crippen molar-refractivity contribution in [2.75, 3.05) is 13.1 Å². The maximum absolute atomic E-state index is 11.3. The van der Waals surface area contributed by atoms with Crippen molar-refractivity contribution in [3.8, 4) is 0 Å². The lowest BCUT2D eigenvalue weighted by Crippen LogP contribution is -2.31. The van der Waals surface area contributed by atoms with Gasteiger partial charge in [0.2, 0.25) is 5.91 Å². The first-order valence-corrected chi connectivity index (χ1v) is 5.06. The predicted molar refractivity (Wildman–Crippen MR) is 53.5 cm³/mol. The molecule has 13 heavy (non-hydrogen) atoms. The van der Waals surface area contributed by atoms with E-state index in [-0.39, 0.29) is 5.91 Å². The normalized spacial score (nSPS) is 24.1. The van der Waals surface area contributed by atoms with Crippen molar-refractivity contribution >= 4 is 5.91 Å². The summed E-state index contributed by atoms with van der Waals surface area (Å²) in [6, 6.07) is 0.418. The quantitative estimate of drug-likeness (QED) is 0.623. The zero-order chi connectivity index (χ0) is 9.90. The molecule has 0 aromatic heterocycles. The van der Waals surface area contributed by atoms with E-state index in [9.17, 15) is 4.79 Å². The molecule has 0 saturated heterocycles. The molecule has 0 aromatic rings. The Bertz CT molecular complexity index is 189. The Morgan fingerprint density at radius 2 is 2.15 bits per heavy atom. The van der Waals surface area contributed by atoms with Gasteiger partial charge in [0.1, 0.15) is 0 Å². The molecule has 3 heteroatoms. The van der Waals surface area contributed by atoms with Gasteiger partial charge in [-0.25, -0.2) is 0 Å². The van der Waals surface area contributed by atoms with E-state index in [2.05, 4.69) is 24.5 Å². The molecule has 0 bridgehead atoms. The molecule has 1 rings (SSSR count). The number of hydrogen-bond acceptors (Lipinski definition) is 2. The van der Waals surface area contributed by atoms with Crippen LogP contribution in [-0.2, 0) is 4.79 Å². The minimum Gasteiger partial charge on any atom is -0.353 e. The Labute approximate surface area is 80.3 Å². The van der Waals surface area contributed by atoms with Crippen LogP contribution in [0.5, 0.6) is 0 Å². The molecular formula is C10H20N2O. The fraction of sp³-hybridized carbons (Fsp3) is 0.900. The first-order valence-electron chi connectivity index (χ1n) is 5.06. The SMILES string of the molecule is CCNCCC(=O)NC1CC1(C)C. The molecule has 1 unspecified atom stereocenters. The second-order valence-corrected chi connectivity index (χ2v) is 4.42. The highest BCUT2D eigenvalue weighted by atomic mass is 16.1. The van der Waals surface area contributed by atoms with Crippen molar-refractivity contribution < 1.29 is 4.79 Å². The Morgan fingerprint density at radius 3 is 2.62 bits per heavy atom. The lowest BCUT2D eigenvalue weighted by atomic mass is 10.2. The van der Waals surface area contributed by atoms with Gasteiger partial charge in [0.25, 0.3) is 0 Å². The van der Waals surface area contributed by atoms with Gasteiger partial charge in [0.05, 0.1) is 0 Å². The van der Waals surface area contributed by atoms with Gasteiger partial charge in [-0.3, -0.25) is 4.79 Å². The van der Waals surface area contributed by atoms with E-state index in [0.717, 1.165) is 19.5 Å². The van der Waals surface area contributed by atoms with Gasteiger partial charge in [-0.1, -0.05) is 20.8 Å². The van der Waals surface area contributed by atoms with Crippen molar-refractivity contribution in [2.45, 2.75) is 39.7 Å². The molecule has 0 aromatic carbocycles. The maximum Gasteiger partial charge on any atom is 0.221 e. The lowest BCUT2D eigenvalue weighted by Gasteiger charge is -2.06.